The monoisotopic (exact) mass is 363 g/mol. The van der Waals surface area contributed by atoms with Gasteiger partial charge in [0.25, 0.3) is 0 Å². The van der Waals surface area contributed by atoms with Crippen molar-refractivity contribution >= 4 is 17.9 Å². The number of methoxy groups -OCH3 is 1. The van der Waals surface area contributed by atoms with Crippen LogP contribution in [0.2, 0.25) is 0 Å². The van der Waals surface area contributed by atoms with Crippen LogP contribution in [-0.2, 0) is 0 Å². The van der Waals surface area contributed by atoms with E-state index >= 15 is 0 Å². The van der Waals surface area contributed by atoms with Crippen LogP contribution in [0.5, 0.6) is 17.2 Å². The molecule has 0 aliphatic heterocycles. The van der Waals surface area contributed by atoms with Crippen molar-refractivity contribution < 1.29 is 23.8 Å². The van der Waals surface area contributed by atoms with Crippen molar-refractivity contribution in [2.24, 2.45) is 0 Å². The number of carbonyl (C=O) groups excluding carboxylic acids is 2. The van der Waals surface area contributed by atoms with Crippen LogP contribution in [0.25, 0.3) is 0 Å². The van der Waals surface area contributed by atoms with Crippen molar-refractivity contribution in [3.05, 3.63) is 84.9 Å². The molecule has 3 aromatic rings. The summed E-state index contributed by atoms with van der Waals surface area (Å²) in [6, 6.07) is 23.4. The molecule has 2 amide bonds. The van der Waals surface area contributed by atoms with Gasteiger partial charge in [-0.05, 0) is 48.5 Å². The van der Waals surface area contributed by atoms with Gasteiger partial charge in [0.15, 0.2) is 0 Å². The lowest BCUT2D eigenvalue weighted by Gasteiger charge is -2.20. The molecule has 6 nitrogen and oxygen atoms in total. The van der Waals surface area contributed by atoms with Gasteiger partial charge in [-0.1, -0.05) is 36.4 Å². The van der Waals surface area contributed by atoms with Crippen molar-refractivity contribution in [3.63, 3.8) is 0 Å². The van der Waals surface area contributed by atoms with Gasteiger partial charge in [0.05, 0.1) is 12.8 Å². The average molecular weight is 363 g/mol. The van der Waals surface area contributed by atoms with Crippen molar-refractivity contribution in [3.8, 4) is 17.2 Å². The largest absolute Gasteiger partial charge is 0.497 e. The molecule has 3 rings (SSSR count). The minimum atomic E-state index is -0.882. The van der Waals surface area contributed by atoms with Gasteiger partial charge < -0.3 is 14.2 Å². The zero-order valence-corrected chi connectivity index (χ0v) is 14.6. The van der Waals surface area contributed by atoms with Gasteiger partial charge in [0, 0.05) is 0 Å². The topological polar surface area (TPSA) is 65.1 Å². The number of hydrogen-bond donors (Lipinski definition) is 0. The zero-order valence-electron chi connectivity index (χ0n) is 14.6. The molecule has 6 heteroatoms. The molecular formula is C21H17NO5. The number of para-hydroxylation sites is 2. The first kappa shape index (κ1) is 18.0. The number of benzene rings is 3. The van der Waals surface area contributed by atoms with Crippen LogP contribution in [0.15, 0.2) is 84.9 Å². The van der Waals surface area contributed by atoms with Gasteiger partial charge in [-0.3, -0.25) is 0 Å². The molecule has 0 saturated carbocycles. The summed E-state index contributed by atoms with van der Waals surface area (Å²) in [5.74, 6) is 1.22. The predicted molar refractivity (Wildman–Crippen MR) is 100 cm³/mol. The number of imide groups is 1. The number of hydrogen-bond acceptors (Lipinski definition) is 5. The summed E-state index contributed by atoms with van der Waals surface area (Å²) >= 11 is 0. The molecule has 0 N–H and O–H groups in total. The molecule has 0 fully saturated rings. The molecule has 0 aromatic heterocycles. The lowest BCUT2D eigenvalue weighted by atomic mass is 10.3. The van der Waals surface area contributed by atoms with Gasteiger partial charge >= 0.3 is 12.2 Å². The van der Waals surface area contributed by atoms with E-state index in [0.717, 1.165) is 4.90 Å². The summed E-state index contributed by atoms with van der Waals surface area (Å²) in [7, 11) is 1.53. The maximum Gasteiger partial charge on any atom is 0.429 e. The third kappa shape index (κ3) is 4.64. The highest BCUT2D eigenvalue weighted by molar-refractivity contribution is 6.10. The highest BCUT2D eigenvalue weighted by Crippen LogP contribution is 2.23. The molecule has 3 aromatic carbocycles. The summed E-state index contributed by atoms with van der Waals surface area (Å²) < 4.78 is 15.7. The fraction of sp³-hybridized carbons (Fsp3) is 0.0476. The predicted octanol–water partition coefficient (Wildman–Crippen LogP) is 4.90. The summed E-state index contributed by atoms with van der Waals surface area (Å²) in [5.41, 5.74) is 0.290. The number of rotatable bonds is 4. The molecule has 0 atom stereocenters. The number of ether oxygens (including phenoxy) is 3. The molecule has 0 bridgehead atoms. The second-order valence-electron chi connectivity index (χ2n) is 5.40. The first-order chi connectivity index (χ1) is 13.2. The van der Waals surface area contributed by atoms with Gasteiger partial charge in [-0.15, -0.1) is 0 Å². The summed E-state index contributed by atoms with van der Waals surface area (Å²) in [6.07, 6.45) is -1.76. The molecule has 136 valence electrons. The van der Waals surface area contributed by atoms with E-state index in [1.54, 1.807) is 84.9 Å². The number of carbonyl (C=O) groups is 2. The Morgan fingerprint density at radius 3 is 1.48 bits per heavy atom. The second-order valence-corrected chi connectivity index (χ2v) is 5.40. The Bertz CT molecular complexity index is 841. The number of nitrogens with zero attached hydrogens (tertiary/aromatic N) is 1. The molecule has 0 unspecified atom stereocenters. The van der Waals surface area contributed by atoms with E-state index in [1.165, 1.54) is 7.11 Å². The number of amides is 2. The maximum atomic E-state index is 12.7. The molecular weight excluding hydrogens is 346 g/mol. The highest BCUT2D eigenvalue weighted by Gasteiger charge is 2.28. The minimum Gasteiger partial charge on any atom is -0.497 e. The molecule has 27 heavy (non-hydrogen) atoms. The van der Waals surface area contributed by atoms with Crippen LogP contribution >= 0.6 is 0 Å². The quantitative estimate of drug-likeness (QED) is 0.660. The van der Waals surface area contributed by atoms with Crippen LogP contribution in [-0.4, -0.2) is 19.3 Å². The fourth-order valence-electron chi connectivity index (χ4n) is 2.29. The van der Waals surface area contributed by atoms with Crippen LogP contribution in [0.1, 0.15) is 0 Å². The Kier molecular flexibility index (Phi) is 5.69. The summed E-state index contributed by atoms with van der Waals surface area (Å²) in [4.78, 5) is 26.2. The molecule has 0 radical (unpaired) electrons. The van der Waals surface area contributed by atoms with Gasteiger partial charge in [-0.2, -0.15) is 4.90 Å². The lowest BCUT2D eigenvalue weighted by Crippen LogP contribution is -2.41. The van der Waals surface area contributed by atoms with Crippen LogP contribution in [0.4, 0.5) is 15.3 Å². The normalized spacial score (nSPS) is 9.96. The molecule has 0 heterocycles. The highest BCUT2D eigenvalue weighted by atomic mass is 16.6. The molecule has 0 aliphatic carbocycles. The Morgan fingerprint density at radius 1 is 0.630 bits per heavy atom. The minimum absolute atomic E-state index is 0.290. The Balaban J connectivity index is 1.87. The van der Waals surface area contributed by atoms with E-state index in [-0.39, 0.29) is 5.69 Å². The van der Waals surface area contributed by atoms with Gasteiger partial charge in [0.2, 0.25) is 0 Å². The van der Waals surface area contributed by atoms with Crippen molar-refractivity contribution in [1.82, 2.24) is 0 Å². The van der Waals surface area contributed by atoms with Crippen molar-refractivity contribution in [2.45, 2.75) is 0 Å². The third-order valence-electron chi connectivity index (χ3n) is 3.59. The standard InChI is InChI=1S/C21H17NO5/c1-25-17-14-12-16(13-15-17)22(20(23)26-18-8-4-2-5-9-18)21(24)27-19-10-6-3-7-11-19/h2-15H,1H3. The molecule has 0 spiro atoms. The van der Waals surface area contributed by atoms with Crippen LogP contribution < -0.4 is 19.1 Å². The van der Waals surface area contributed by atoms with E-state index in [1.807, 2.05) is 0 Å². The van der Waals surface area contributed by atoms with E-state index in [2.05, 4.69) is 0 Å². The average Bonchev–Trinajstić information content (AvgIpc) is 2.70. The Morgan fingerprint density at radius 2 is 1.07 bits per heavy atom. The maximum absolute atomic E-state index is 12.7. The van der Waals surface area contributed by atoms with Crippen LogP contribution in [0, 0.1) is 0 Å². The summed E-state index contributed by atoms with van der Waals surface area (Å²) in [5, 5.41) is 0. The number of anilines is 1. The first-order valence-corrected chi connectivity index (χ1v) is 8.15. The van der Waals surface area contributed by atoms with E-state index < -0.39 is 12.2 Å². The van der Waals surface area contributed by atoms with Gasteiger partial charge in [0.1, 0.15) is 17.2 Å². The molecule has 0 saturated heterocycles. The third-order valence-corrected chi connectivity index (χ3v) is 3.59. The Labute approximate surface area is 156 Å². The SMILES string of the molecule is COc1ccc(N(C(=O)Oc2ccccc2)C(=O)Oc2ccccc2)cc1. The lowest BCUT2D eigenvalue weighted by molar-refractivity contribution is 0.191. The van der Waals surface area contributed by atoms with Crippen LogP contribution in [0.3, 0.4) is 0 Å². The first-order valence-electron chi connectivity index (χ1n) is 8.15. The summed E-state index contributed by atoms with van der Waals surface area (Å²) in [6.45, 7) is 0. The molecule has 0 aliphatic rings. The van der Waals surface area contributed by atoms with Gasteiger partial charge in [-0.25, -0.2) is 9.59 Å². The smallest absolute Gasteiger partial charge is 0.429 e. The zero-order chi connectivity index (χ0) is 19.1. The van der Waals surface area contributed by atoms with E-state index in [0.29, 0.717) is 17.2 Å². The van der Waals surface area contributed by atoms with E-state index in [4.69, 9.17) is 14.2 Å². The fourth-order valence-corrected chi connectivity index (χ4v) is 2.29. The second kappa shape index (κ2) is 8.53. The van der Waals surface area contributed by atoms with Crippen molar-refractivity contribution in [1.29, 1.82) is 0 Å². The van der Waals surface area contributed by atoms with E-state index in [9.17, 15) is 9.59 Å². The Hall–Kier alpha value is -3.80. The van der Waals surface area contributed by atoms with Crippen molar-refractivity contribution in [2.75, 3.05) is 12.0 Å².